The van der Waals surface area contributed by atoms with Gasteiger partial charge in [-0.3, -0.25) is 0 Å². The average Bonchev–Trinajstić information content (AvgIpc) is 1.94. The van der Waals surface area contributed by atoms with E-state index in [1.165, 1.54) is 0 Å². The maximum Gasteiger partial charge on any atom is 0.236 e. The fourth-order valence-electron chi connectivity index (χ4n) is 0.882. The van der Waals surface area contributed by atoms with Crippen molar-refractivity contribution in [3.8, 4) is 0 Å². The van der Waals surface area contributed by atoms with Crippen molar-refractivity contribution in [2.45, 2.75) is 5.75 Å². The number of hydrogen-bond donors (Lipinski definition) is 1. The lowest BCUT2D eigenvalue weighted by Crippen LogP contribution is -1.96. The molecule has 0 aromatic heterocycles. The first-order valence-corrected chi connectivity index (χ1v) is 6.62. The molecule has 2 N–H and O–H groups in total. The summed E-state index contributed by atoms with van der Waals surface area (Å²) in [6, 6.07) is 4.91. The summed E-state index contributed by atoms with van der Waals surface area (Å²) in [6.07, 6.45) is 0. The fraction of sp³-hybridized carbons (Fsp3) is 0.143. The summed E-state index contributed by atoms with van der Waals surface area (Å²) in [5.41, 5.74) is 6.63. The highest BCUT2D eigenvalue weighted by atomic mass is 79.9. The number of rotatable bonds is 2. The first-order chi connectivity index (χ1) is 5.88. The molecule has 6 heteroatoms. The molecular formula is C7H7BrClNO2S. The molecule has 1 rings (SSSR count). The van der Waals surface area contributed by atoms with Crippen molar-refractivity contribution < 1.29 is 8.42 Å². The molecule has 0 radical (unpaired) electrons. The Balaban J connectivity index is 2.99. The molecule has 1 aromatic carbocycles. The maximum absolute atomic E-state index is 10.7. The molecule has 0 aliphatic heterocycles. The molecule has 72 valence electrons. The van der Waals surface area contributed by atoms with E-state index in [-0.39, 0.29) is 5.75 Å². The molecule has 0 fully saturated rings. The van der Waals surface area contributed by atoms with Crippen molar-refractivity contribution in [3.05, 3.63) is 28.2 Å². The number of nitrogen functional groups attached to an aromatic ring is 1. The van der Waals surface area contributed by atoms with Gasteiger partial charge in [0.15, 0.2) is 0 Å². The Morgan fingerprint density at radius 3 is 2.54 bits per heavy atom. The number of hydrogen-bond acceptors (Lipinski definition) is 3. The zero-order valence-corrected chi connectivity index (χ0v) is 9.66. The molecule has 0 bridgehead atoms. The van der Waals surface area contributed by atoms with Gasteiger partial charge in [-0.1, -0.05) is 6.07 Å². The van der Waals surface area contributed by atoms with Crippen molar-refractivity contribution in [1.29, 1.82) is 0 Å². The number of halogens is 2. The minimum atomic E-state index is -3.51. The first kappa shape index (κ1) is 10.8. The predicted molar refractivity (Wildman–Crippen MR) is 57.0 cm³/mol. The first-order valence-electron chi connectivity index (χ1n) is 3.35. The van der Waals surface area contributed by atoms with Gasteiger partial charge >= 0.3 is 0 Å². The largest absolute Gasteiger partial charge is 0.398 e. The van der Waals surface area contributed by atoms with Gasteiger partial charge in [0.05, 0.1) is 5.75 Å². The van der Waals surface area contributed by atoms with Gasteiger partial charge in [0, 0.05) is 20.8 Å². The van der Waals surface area contributed by atoms with Gasteiger partial charge in [0.1, 0.15) is 0 Å². The van der Waals surface area contributed by atoms with E-state index in [1.54, 1.807) is 18.2 Å². The van der Waals surface area contributed by atoms with Crippen LogP contribution < -0.4 is 5.73 Å². The summed E-state index contributed by atoms with van der Waals surface area (Å²) in [6.45, 7) is 0. The lowest BCUT2D eigenvalue weighted by Gasteiger charge is -2.01. The highest BCUT2D eigenvalue weighted by Gasteiger charge is 2.07. The van der Waals surface area contributed by atoms with E-state index >= 15 is 0 Å². The molecule has 0 heterocycles. The Labute approximate surface area is 89.4 Å². The molecule has 0 aliphatic rings. The molecule has 0 amide bonds. The van der Waals surface area contributed by atoms with Crippen LogP contribution >= 0.6 is 26.6 Å². The molecule has 1 aromatic rings. The molecule has 0 saturated carbocycles. The second-order valence-electron chi connectivity index (χ2n) is 2.54. The Morgan fingerprint density at radius 1 is 1.46 bits per heavy atom. The molecule has 0 atom stereocenters. The molecule has 0 aliphatic carbocycles. The SMILES string of the molecule is Nc1cc(CS(=O)(=O)Cl)ccc1Br. The zero-order valence-electron chi connectivity index (χ0n) is 6.50. The zero-order chi connectivity index (χ0) is 10.1. The lowest BCUT2D eigenvalue weighted by atomic mass is 10.2. The van der Waals surface area contributed by atoms with Gasteiger partial charge in [-0.25, -0.2) is 8.42 Å². The van der Waals surface area contributed by atoms with Gasteiger partial charge in [-0.2, -0.15) is 0 Å². The third kappa shape index (κ3) is 3.54. The van der Waals surface area contributed by atoms with Crippen LogP contribution in [0.15, 0.2) is 22.7 Å². The predicted octanol–water partition coefficient (Wildman–Crippen LogP) is 2.10. The van der Waals surface area contributed by atoms with Crippen LogP contribution in [0.1, 0.15) is 5.56 Å². The summed E-state index contributed by atoms with van der Waals surface area (Å²) in [5.74, 6) is -0.202. The van der Waals surface area contributed by atoms with Gasteiger partial charge in [0.2, 0.25) is 9.05 Å². The van der Waals surface area contributed by atoms with E-state index in [1.807, 2.05) is 0 Å². The Hall–Kier alpha value is -0.260. The van der Waals surface area contributed by atoms with Crippen LogP contribution in [0, 0.1) is 0 Å². The molecule has 0 unspecified atom stereocenters. The Bertz CT molecular complexity index is 419. The minimum Gasteiger partial charge on any atom is -0.398 e. The van der Waals surface area contributed by atoms with Crippen LogP contribution in [0.5, 0.6) is 0 Å². The van der Waals surface area contributed by atoms with E-state index in [9.17, 15) is 8.42 Å². The second-order valence-corrected chi connectivity index (χ2v) is 6.17. The standard InChI is InChI=1S/C7H7BrClNO2S/c8-6-2-1-5(3-7(6)10)4-13(9,11)12/h1-3H,4,10H2. The van der Waals surface area contributed by atoms with Gasteiger partial charge < -0.3 is 5.73 Å². The second kappa shape index (κ2) is 3.86. The quantitative estimate of drug-likeness (QED) is 0.668. The van der Waals surface area contributed by atoms with E-state index in [0.29, 0.717) is 11.3 Å². The summed E-state index contributed by atoms with van der Waals surface area (Å²) in [4.78, 5) is 0. The third-order valence-electron chi connectivity index (χ3n) is 1.40. The highest BCUT2D eigenvalue weighted by Crippen LogP contribution is 2.21. The average molecular weight is 285 g/mol. The van der Waals surface area contributed by atoms with Crippen LogP contribution in [0.3, 0.4) is 0 Å². The van der Waals surface area contributed by atoms with E-state index in [4.69, 9.17) is 16.4 Å². The normalized spacial score (nSPS) is 11.5. The van der Waals surface area contributed by atoms with E-state index in [0.717, 1.165) is 4.47 Å². The van der Waals surface area contributed by atoms with Gasteiger partial charge in [-0.05, 0) is 33.6 Å². The number of nitrogens with two attached hydrogens (primary N) is 1. The van der Waals surface area contributed by atoms with Crippen molar-refractivity contribution in [1.82, 2.24) is 0 Å². The van der Waals surface area contributed by atoms with Crippen molar-refractivity contribution in [2.75, 3.05) is 5.73 Å². The van der Waals surface area contributed by atoms with Crippen molar-refractivity contribution in [3.63, 3.8) is 0 Å². The van der Waals surface area contributed by atoms with Crippen LogP contribution in [0.25, 0.3) is 0 Å². The molecule has 3 nitrogen and oxygen atoms in total. The van der Waals surface area contributed by atoms with Crippen molar-refractivity contribution >= 4 is 41.4 Å². The van der Waals surface area contributed by atoms with Crippen LogP contribution in [-0.2, 0) is 14.8 Å². The van der Waals surface area contributed by atoms with Gasteiger partial charge in [-0.15, -0.1) is 0 Å². The maximum atomic E-state index is 10.7. The number of anilines is 1. The third-order valence-corrected chi connectivity index (χ3v) is 3.13. The van der Waals surface area contributed by atoms with Crippen molar-refractivity contribution in [2.24, 2.45) is 0 Å². The fourth-order valence-corrected chi connectivity index (χ4v) is 2.08. The van der Waals surface area contributed by atoms with Crippen LogP contribution in [0.2, 0.25) is 0 Å². The summed E-state index contributed by atoms with van der Waals surface area (Å²) < 4.78 is 22.2. The Morgan fingerprint density at radius 2 is 2.08 bits per heavy atom. The van der Waals surface area contributed by atoms with Gasteiger partial charge in [0.25, 0.3) is 0 Å². The number of benzene rings is 1. The molecular weight excluding hydrogens is 278 g/mol. The Kier molecular flexibility index (Phi) is 3.21. The summed E-state index contributed by atoms with van der Waals surface area (Å²) in [5, 5.41) is 0. The smallest absolute Gasteiger partial charge is 0.236 e. The van der Waals surface area contributed by atoms with E-state index < -0.39 is 9.05 Å². The lowest BCUT2D eigenvalue weighted by molar-refractivity contribution is 0.609. The summed E-state index contributed by atoms with van der Waals surface area (Å²) >= 11 is 3.20. The monoisotopic (exact) mass is 283 g/mol. The molecule has 0 saturated heterocycles. The summed E-state index contributed by atoms with van der Waals surface area (Å²) in [7, 11) is 1.57. The molecule has 0 spiro atoms. The van der Waals surface area contributed by atoms with Crippen LogP contribution in [-0.4, -0.2) is 8.42 Å². The molecule has 13 heavy (non-hydrogen) atoms. The van der Waals surface area contributed by atoms with E-state index in [2.05, 4.69) is 15.9 Å². The minimum absolute atomic E-state index is 0.202. The topological polar surface area (TPSA) is 60.2 Å². The van der Waals surface area contributed by atoms with Crippen LogP contribution in [0.4, 0.5) is 5.69 Å². The highest BCUT2D eigenvalue weighted by molar-refractivity contribution is 9.10.